The van der Waals surface area contributed by atoms with E-state index >= 15 is 0 Å². The number of nitrogens with zero attached hydrogens (tertiary/aromatic N) is 5. The van der Waals surface area contributed by atoms with Crippen LogP contribution >= 0.6 is 0 Å². The number of nitriles is 3. The van der Waals surface area contributed by atoms with Crippen LogP contribution in [-0.2, 0) is 0 Å². The van der Waals surface area contributed by atoms with Crippen molar-refractivity contribution in [2.45, 2.75) is 0 Å². The van der Waals surface area contributed by atoms with E-state index in [0.29, 0.717) is 16.7 Å². The van der Waals surface area contributed by atoms with E-state index in [9.17, 15) is 15.8 Å². The highest BCUT2D eigenvalue weighted by Gasteiger charge is 2.15. The van der Waals surface area contributed by atoms with Crippen LogP contribution < -0.4 is 0 Å². The Balaban J connectivity index is 1.61. The van der Waals surface area contributed by atoms with Crippen molar-refractivity contribution in [2.24, 2.45) is 0 Å². The van der Waals surface area contributed by atoms with E-state index in [1.54, 1.807) is 30.6 Å². The molecule has 0 unspecified atom stereocenters. The highest BCUT2D eigenvalue weighted by molar-refractivity contribution is 6.10. The molecule has 0 bridgehead atoms. The Morgan fingerprint density at radius 1 is 0.568 bits per heavy atom. The molecule has 2 aromatic heterocycles. The molecular weight excluding hydrogens is 454 g/mol. The fraction of sp³-hybridized carbons (Fsp3) is 0. The molecule has 6 aromatic rings. The van der Waals surface area contributed by atoms with Crippen LogP contribution in [0.25, 0.3) is 49.7 Å². The van der Waals surface area contributed by atoms with Crippen LogP contribution in [0, 0.1) is 34.0 Å². The molecule has 0 aliphatic carbocycles. The van der Waals surface area contributed by atoms with Crippen molar-refractivity contribution < 1.29 is 0 Å². The van der Waals surface area contributed by atoms with Crippen LogP contribution in [0.4, 0.5) is 0 Å². The Kier molecular flexibility index (Phi) is 5.20. The number of pyridine rings is 1. The average Bonchev–Trinajstić information content (AvgIpc) is 3.30. The van der Waals surface area contributed by atoms with E-state index in [-0.39, 0.29) is 0 Å². The molecule has 0 saturated heterocycles. The molecule has 0 aliphatic rings. The second kappa shape index (κ2) is 8.82. The predicted molar refractivity (Wildman–Crippen MR) is 144 cm³/mol. The molecule has 6 rings (SSSR count). The molecule has 2 heterocycles. The lowest BCUT2D eigenvalue weighted by Gasteiger charge is -2.12. The molecule has 0 fully saturated rings. The summed E-state index contributed by atoms with van der Waals surface area (Å²) in [5, 5.41) is 31.1. The highest BCUT2D eigenvalue weighted by atomic mass is 15.0. The zero-order chi connectivity index (χ0) is 25.4. The summed E-state index contributed by atoms with van der Waals surface area (Å²) in [6.45, 7) is 0. The van der Waals surface area contributed by atoms with E-state index in [1.807, 2.05) is 48.5 Å². The van der Waals surface area contributed by atoms with Crippen molar-refractivity contribution >= 4 is 21.8 Å². The van der Waals surface area contributed by atoms with Crippen LogP contribution in [0.1, 0.15) is 16.7 Å². The van der Waals surface area contributed by atoms with Gasteiger partial charge in [0, 0.05) is 28.9 Å². The third-order valence-electron chi connectivity index (χ3n) is 6.57. The Labute approximate surface area is 213 Å². The van der Waals surface area contributed by atoms with Crippen LogP contribution in [0.5, 0.6) is 0 Å². The summed E-state index contributed by atoms with van der Waals surface area (Å²) in [4.78, 5) is 4.09. The van der Waals surface area contributed by atoms with Crippen molar-refractivity contribution in [1.29, 1.82) is 15.8 Å². The molecule has 170 valence electrons. The first kappa shape index (κ1) is 21.8. The van der Waals surface area contributed by atoms with Crippen molar-refractivity contribution in [3.05, 3.63) is 120 Å². The van der Waals surface area contributed by atoms with Crippen LogP contribution in [0.2, 0.25) is 0 Å². The van der Waals surface area contributed by atoms with Gasteiger partial charge >= 0.3 is 0 Å². The molecule has 4 aromatic carbocycles. The summed E-state index contributed by atoms with van der Waals surface area (Å²) in [5.74, 6) is 0. The lowest BCUT2D eigenvalue weighted by Crippen LogP contribution is -1.96. The maximum atomic E-state index is 9.99. The number of fused-ring (bicyclic) bond motifs is 3. The van der Waals surface area contributed by atoms with Crippen molar-refractivity contribution in [2.75, 3.05) is 0 Å². The van der Waals surface area contributed by atoms with Crippen molar-refractivity contribution in [1.82, 2.24) is 9.55 Å². The van der Waals surface area contributed by atoms with E-state index < -0.39 is 0 Å². The van der Waals surface area contributed by atoms with E-state index in [2.05, 4.69) is 52.0 Å². The summed E-state index contributed by atoms with van der Waals surface area (Å²) in [6, 6.07) is 35.9. The van der Waals surface area contributed by atoms with Gasteiger partial charge in [0.15, 0.2) is 0 Å². The molecule has 5 nitrogen and oxygen atoms in total. The molecule has 0 radical (unpaired) electrons. The van der Waals surface area contributed by atoms with Crippen molar-refractivity contribution in [3.8, 4) is 46.1 Å². The van der Waals surface area contributed by atoms with Crippen LogP contribution in [-0.4, -0.2) is 9.55 Å². The largest absolute Gasteiger partial charge is 0.309 e. The molecule has 0 N–H and O–H groups in total. The maximum absolute atomic E-state index is 9.99. The van der Waals surface area contributed by atoms with Crippen molar-refractivity contribution in [3.63, 3.8) is 0 Å². The van der Waals surface area contributed by atoms with Gasteiger partial charge in [-0.25, -0.2) is 0 Å². The first-order valence-corrected chi connectivity index (χ1v) is 11.6. The number of hydrogen-bond donors (Lipinski definition) is 0. The molecular formula is C32H17N5. The van der Waals surface area contributed by atoms with Gasteiger partial charge in [-0.15, -0.1) is 0 Å². The smallest absolute Gasteiger partial charge is 0.0998 e. The first-order valence-electron chi connectivity index (χ1n) is 11.6. The predicted octanol–water partition coefficient (Wildman–Crippen LogP) is 7.13. The van der Waals surface area contributed by atoms with Gasteiger partial charge in [-0.05, 0) is 76.9 Å². The molecule has 0 aliphatic heterocycles. The quantitative estimate of drug-likeness (QED) is 0.275. The number of rotatable bonds is 3. The Morgan fingerprint density at radius 3 is 2.03 bits per heavy atom. The molecule has 37 heavy (non-hydrogen) atoms. The molecule has 0 saturated carbocycles. The van der Waals surface area contributed by atoms with Gasteiger partial charge in [0.05, 0.1) is 45.9 Å². The summed E-state index contributed by atoms with van der Waals surface area (Å²) >= 11 is 0. The summed E-state index contributed by atoms with van der Waals surface area (Å²) in [7, 11) is 0. The minimum Gasteiger partial charge on any atom is -0.309 e. The molecule has 0 atom stereocenters. The van der Waals surface area contributed by atoms with Gasteiger partial charge in [-0.2, -0.15) is 15.8 Å². The zero-order valence-corrected chi connectivity index (χ0v) is 19.6. The summed E-state index contributed by atoms with van der Waals surface area (Å²) in [5.41, 5.74) is 7.84. The van der Waals surface area contributed by atoms with Crippen LogP contribution in [0.3, 0.4) is 0 Å². The maximum Gasteiger partial charge on any atom is 0.0998 e. The highest BCUT2D eigenvalue weighted by Crippen LogP contribution is 2.36. The number of para-hydroxylation sites is 1. The molecule has 0 spiro atoms. The second-order valence-corrected chi connectivity index (χ2v) is 8.68. The van der Waals surface area contributed by atoms with Gasteiger partial charge in [0.1, 0.15) is 0 Å². The molecule has 5 heteroatoms. The SMILES string of the molecule is N#Cc1cc(C#N)cc(-c2ccc3c4ccccc4n(-c4ccc(-c5ccncc5)c(C#N)c4)c3c2)c1. The minimum absolute atomic E-state index is 0.444. The Hall–Kier alpha value is -5.70. The number of aromatic nitrogens is 2. The Bertz CT molecular complexity index is 1930. The Morgan fingerprint density at radius 2 is 1.30 bits per heavy atom. The van der Waals surface area contributed by atoms with E-state index in [1.165, 1.54) is 0 Å². The summed E-state index contributed by atoms with van der Waals surface area (Å²) in [6.07, 6.45) is 3.44. The fourth-order valence-electron chi connectivity index (χ4n) is 4.90. The molecule has 0 amide bonds. The lowest BCUT2D eigenvalue weighted by atomic mass is 9.99. The van der Waals surface area contributed by atoms with Gasteiger partial charge in [0.2, 0.25) is 0 Å². The standard InChI is InChI=1S/C32H17N5/c33-18-21-13-22(19-34)15-25(14-21)24-5-7-30-29-3-1-2-4-31(29)37(32(30)17-24)27-6-8-28(26(16-27)20-35)23-9-11-36-12-10-23/h1-17H. The fourth-order valence-corrected chi connectivity index (χ4v) is 4.90. The van der Waals surface area contributed by atoms with Gasteiger partial charge < -0.3 is 4.57 Å². The number of hydrogen-bond acceptors (Lipinski definition) is 4. The third-order valence-corrected chi connectivity index (χ3v) is 6.57. The number of benzene rings is 4. The van der Waals surface area contributed by atoms with Crippen LogP contribution in [0.15, 0.2) is 103 Å². The zero-order valence-electron chi connectivity index (χ0n) is 19.6. The second-order valence-electron chi connectivity index (χ2n) is 8.68. The first-order chi connectivity index (χ1) is 18.2. The van der Waals surface area contributed by atoms with E-state index in [4.69, 9.17) is 0 Å². The normalized spacial score (nSPS) is 10.6. The third kappa shape index (κ3) is 3.67. The van der Waals surface area contributed by atoms with Gasteiger partial charge in [-0.3, -0.25) is 4.98 Å². The van der Waals surface area contributed by atoms with Gasteiger partial charge in [0.25, 0.3) is 0 Å². The minimum atomic E-state index is 0.444. The van der Waals surface area contributed by atoms with Gasteiger partial charge in [-0.1, -0.05) is 36.4 Å². The topological polar surface area (TPSA) is 89.2 Å². The average molecular weight is 472 g/mol. The van der Waals surface area contributed by atoms with E-state index in [0.717, 1.165) is 49.7 Å². The monoisotopic (exact) mass is 471 g/mol. The lowest BCUT2D eigenvalue weighted by molar-refractivity contribution is 1.18. The summed E-state index contributed by atoms with van der Waals surface area (Å²) < 4.78 is 2.16.